The van der Waals surface area contributed by atoms with Crippen LogP contribution in [0.1, 0.15) is 21.8 Å². The molecule has 110 valence electrons. The van der Waals surface area contributed by atoms with Gasteiger partial charge in [0, 0.05) is 42.8 Å². The molecule has 0 bridgehead atoms. The van der Waals surface area contributed by atoms with Crippen molar-refractivity contribution in [3.8, 4) is 0 Å². The van der Waals surface area contributed by atoms with Crippen LogP contribution in [0.2, 0.25) is 0 Å². The average molecular weight is 300 g/mol. The Bertz CT molecular complexity index is 605. The molecule has 3 heterocycles. The number of nitrogens with two attached hydrogens (primary N) is 1. The van der Waals surface area contributed by atoms with Crippen LogP contribution >= 0.6 is 11.3 Å². The van der Waals surface area contributed by atoms with E-state index in [1.54, 1.807) is 11.3 Å². The normalized spacial score (nSPS) is 16.0. The second-order valence-electron chi connectivity index (χ2n) is 5.36. The van der Waals surface area contributed by atoms with Crippen LogP contribution in [-0.4, -0.2) is 34.5 Å². The first kappa shape index (κ1) is 14.2. The lowest BCUT2D eigenvalue weighted by atomic mass is 10.2. The molecule has 2 N–H and O–H groups in total. The predicted octanol–water partition coefficient (Wildman–Crippen LogP) is 2.54. The molecular formula is C16H20N4S. The van der Waals surface area contributed by atoms with E-state index in [0.717, 1.165) is 43.7 Å². The van der Waals surface area contributed by atoms with Crippen molar-refractivity contribution < 1.29 is 0 Å². The molecule has 0 radical (unpaired) electrons. The van der Waals surface area contributed by atoms with E-state index < -0.39 is 0 Å². The van der Waals surface area contributed by atoms with E-state index in [4.69, 9.17) is 5.73 Å². The Kier molecular flexibility index (Phi) is 4.31. The van der Waals surface area contributed by atoms with Crippen LogP contribution in [0.3, 0.4) is 0 Å². The molecule has 1 aliphatic rings. The number of fused-ring (bicyclic) bond motifs is 1. The number of nitrogens with zero attached hydrogens (tertiary/aromatic N) is 3. The van der Waals surface area contributed by atoms with Crippen molar-refractivity contribution in [2.24, 2.45) is 0 Å². The fourth-order valence-electron chi connectivity index (χ4n) is 2.53. The molecule has 0 unspecified atom stereocenters. The van der Waals surface area contributed by atoms with Gasteiger partial charge in [-0.15, -0.1) is 11.3 Å². The lowest BCUT2D eigenvalue weighted by molar-refractivity contribution is 0.318. The molecule has 1 aliphatic heterocycles. The fourth-order valence-corrected chi connectivity index (χ4v) is 3.39. The lowest BCUT2D eigenvalue weighted by Crippen LogP contribution is -2.26. The third-order valence-electron chi connectivity index (χ3n) is 3.72. The maximum Gasteiger partial charge on any atom is 0.180 e. The van der Waals surface area contributed by atoms with Crippen molar-refractivity contribution in [3.05, 3.63) is 46.2 Å². The molecule has 0 saturated heterocycles. The van der Waals surface area contributed by atoms with Gasteiger partial charge in [-0.3, -0.25) is 9.88 Å². The summed E-state index contributed by atoms with van der Waals surface area (Å²) in [6.07, 6.45) is 8.34. The Morgan fingerprint density at radius 3 is 3.00 bits per heavy atom. The number of aryl methyl sites for hydroxylation is 1. The standard InChI is InChI=1S/C16H20N4S/c1-12-4-5-13(11-18-12)3-2-8-20-9-6-14-15(7-10-20)21-16(17)19-14/h2-5,11H,6-10H2,1H3,(H2,17,19). The van der Waals surface area contributed by atoms with Crippen molar-refractivity contribution in [2.45, 2.75) is 19.8 Å². The summed E-state index contributed by atoms with van der Waals surface area (Å²) in [6.45, 7) is 5.10. The Morgan fingerprint density at radius 1 is 1.33 bits per heavy atom. The zero-order chi connectivity index (χ0) is 14.7. The molecule has 2 aromatic rings. The number of hydrogen-bond acceptors (Lipinski definition) is 5. The van der Waals surface area contributed by atoms with Gasteiger partial charge in [0.1, 0.15) is 0 Å². The van der Waals surface area contributed by atoms with Gasteiger partial charge in [0.25, 0.3) is 0 Å². The highest BCUT2D eigenvalue weighted by molar-refractivity contribution is 7.15. The molecule has 0 aliphatic carbocycles. The third-order valence-corrected chi connectivity index (χ3v) is 4.71. The van der Waals surface area contributed by atoms with Crippen molar-refractivity contribution in [2.75, 3.05) is 25.4 Å². The highest BCUT2D eigenvalue weighted by atomic mass is 32.1. The van der Waals surface area contributed by atoms with E-state index in [9.17, 15) is 0 Å². The van der Waals surface area contributed by atoms with Crippen LogP contribution < -0.4 is 5.73 Å². The smallest absolute Gasteiger partial charge is 0.180 e. The maximum atomic E-state index is 5.78. The first-order valence-corrected chi connectivity index (χ1v) is 8.08. The summed E-state index contributed by atoms with van der Waals surface area (Å²) in [6, 6.07) is 4.14. The van der Waals surface area contributed by atoms with Gasteiger partial charge in [-0.05, 0) is 25.0 Å². The first-order chi connectivity index (χ1) is 10.2. The molecule has 4 nitrogen and oxygen atoms in total. The van der Waals surface area contributed by atoms with Crippen LogP contribution in [0.25, 0.3) is 6.08 Å². The molecule has 5 heteroatoms. The number of pyridine rings is 1. The summed E-state index contributed by atoms with van der Waals surface area (Å²) < 4.78 is 0. The van der Waals surface area contributed by atoms with E-state index in [1.165, 1.54) is 10.6 Å². The quantitative estimate of drug-likeness (QED) is 0.946. The van der Waals surface area contributed by atoms with Gasteiger partial charge in [-0.25, -0.2) is 4.98 Å². The molecule has 0 aromatic carbocycles. The van der Waals surface area contributed by atoms with Gasteiger partial charge in [0.05, 0.1) is 5.69 Å². The number of thiazole rings is 1. The van der Waals surface area contributed by atoms with Gasteiger partial charge < -0.3 is 5.73 Å². The average Bonchev–Trinajstić information content (AvgIpc) is 2.73. The second-order valence-corrected chi connectivity index (χ2v) is 6.47. The Hall–Kier alpha value is -1.72. The van der Waals surface area contributed by atoms with E-state index in [-0.39, 0.29) is 0 Å². The Morgan fingerprint density at radius 2 is 2.19 bits per heavy atom. The molecule has 0 atom stereocenters. The van der Waals surface area contributed by atoms with E-state index >= 15 is 0 Å². The van der Waals surface area contributed by atoms with Gasteiger partial charge >= 0.3 is 0 Å². The predicted molar refractivity (Wildman–Crippen MR) is 88.4 cm³/mol. The number of rotatable bonds is 3. The number of hydrogen-bond donors (Lipinski definition) is 1. The minimum absolute atomic E-state index is 0.709. The molecule has 2 aromatic heterocycles. The Balaban J connectivity index is 1.55. The number of nitrogen functional groups attached to an aromatic ring is 1. The summed E-state index contributed by atoms with van der Waals surface area (Å²) in [4.78, 5) is 12.6. The van der Waals surface area contributed by atoms with Crippen LogP contribution in [0.15, 0.2) is 24.4 Å². The molecule has 21 heavy (non-hydrogen) atoms. The van der Waals surface area contributed by atoms with Gasteiger partial charge in [-0.2, -0.15) is 0 Å². The van der Waals surface area contributed by atoms with Crippen LogP contribution in [0.4, 0.5) is 5.13 Å². The van der Waals surface area contributed by atoms with E-state index in [2.05, 4.69) is 33.1 Å². The lowest BCUT2D eigenvalue weighted by Gasteiger charge is -2.17. The van der Waals surface area contributed by atoms with Gasteiger partial charge in [0.15, 0.2) is 5.13 Å². The van der Waals surface area contributed by atoms with E-state index in [1.807, 2.05) is 19.2 Å². The zero-order valence-corrected chi connectivity index (χ0v) is 13.1. The second kappa shape index (κ2) is 6.37. The summed E-state index contributed by atoms with van der Waals surface area (Å²) >= 11 is 1.64. The topological polar surface area (TPSA) is 55.0 Å². The monoisotopic (exact) mass is 300 g/mol. The van der Waals surface area contributed by atoms with Crippen LogP contribution in [0.5, 0.6) is 0 Å². The molecule has 0 amide bonds. The fraction of sp³-hybridized carbons (Fsp3) is 0.375. The number of aromatic nitrogens is 2. The highest BCUT2D eigenvalue weighted by Gasteiger charge is 2.16. The summed E-state index contributed by atoms with van der Waals surface area (Å²) in [7, 11) is 0. The molecule has 0 spiro atoms. The van der Waals surface area contributed by atoms with Crippen LogP contribution in [0, 0.1) is 6.92 Å². The first-order valence-electron chi connectivity index (χ1n) is 7.26. The van der Waals surface area contributed by atoms with Crippen molar-refractivity contribution in [1.82, 2.24) is 14.9 Å². The van der Waals surface area contributed by atoms with E-state index in [0.29, 0.717) is 5.13 Å². The number of anilines is 1. The zero-order valence-electron chi connectivity index (χ0n) is 12.2. The molecule has 0 saturated carbocycles. The summed E-state index contributed by atoms with van der Waals surface area (Å²) in [5.74, 6) is 0. The highest BCUT2D eigenvalue weighted by Crippen LogP contribution is 2.24. The minimum atomic E-state index is 0.709. The molecular weight excluding hydrogens is 280 g/mol. The Labute approximate surface area is 129 Å². The molecule has 0 fully saturated rings. The van der Waals surface area contributed by atoms with Gasteiger partial charge in [0.2, 0.25) is 0 Å². The summed E-state index contributed by atoms with van der Waals surface area (Å²) in [5.41, 5.74) is 9.19. The van der Waals surface area contributed by atoms with Crippen molar-refractivity contribution >= 4 is 22.5 Å². The van der Waals surface area contributed by atoms with Crippen molar-refractivity contribution in [3.63, 3.8) is 0 Å². The SMILES string of the molecule is Cc1ccc(C=CCN2CCc3nc(N)sc3CC2)cn1. The van der Waals surface area contributed by atoms with Crippen LogP contribution in [-0.2, 0) is 12.8 Å². The maximum absolute atomic E-state index is 5.78. The van der Waals surface area contributed by atoms with Crippen molar-refractivity contribution in [1.29, 1.82) is 0 Å². The van der Waals surface area contributed by atoms with Gasteiger partial charge in [-0.1, -0.05) is 18.2 Å². The largest absolute Gasteiger partial charge is 0.375 e. The molecule has 3 rings (SSSR count). The summed E-state index contributed by atoms with van der Waals surface area (Å²) in [5, 5.41) is 0.709. The third kappa shape index (κ3) is 3.68. The minimum Gasteiger partial charge on any atom is -0.375 e.